The number of aromatic hydroxyl groups is 1. The lowest BCUT2D eigenvalue weighted by Crippen LogP contribution is -2.29. The first-order valence-corrected chi connectivity index (χ1v) is 11.8. The average molecular weight is 492 g/mol. The van der Waals surface area contributed by atoms with E-state index in [1.54, 1.807) is 48.5 Å². The number of ether oxygens (including phenoxy) is 1. The third-order valence-corrected chi connectivity index (χ3v) is 6.39. The molecule has 1 amide bonds. The van der Waals surface area contributed by atoms with Crippen molar-refractivity contribution >= 4 is 23.1 Å². The van der Waals surface area contributed by atoms with E-state index in [1.807, 2.05) is 56.3 Å². The number of para-hydroxylation sites is 3. The molecule has 1 aliphatic rings. The van der Waals surface area contributed by atoms with Gasteiger partial charge in [-0.1, -0.05) is 60.2 Å². The molecule has 37 heavy (non-hydrogen) atoms. The van der Waals surface area contributed by atoms with Gasteiger partial charge >= 0.3 is 0 Å². The minimum Gasteiger partial charge on any atom is -0.507 e. The second-order valence-electron chi connectivity index (χ2n) is 8.96. The fraction of sp³-hybridized carbons (Fsp3) is 0.0968. The van der Waals surface area contributed by atoms with Gasteiger partial charge in [0.05, 0.1) is 17.3 Å². The largest absolute Gasteiger partial charge is 0.507 e. The van der Waals surface area contributed by atoms with Gasteiger partial charge in [-0.3, -0.25) is 14.5 Å². The molecule has 1 saturated heterocycles. The van der Waals surface area contributed by atoms with E-state index in [0.717, 1.165) is 11.1 Å². The molecule has 4 aromatic carbocycles. The van der Waals surface area contributed by atoms with Gasteiger partial charge in [0.1, 0.15) is 23.0 Å². The molecule has 2 N–H and O–H groups in total. The Morgan fingerprint density at radius 2 is 1.51 bits per heavy atom. The van der Waals surface area contributed by atoms with Gasteiger partial charge in [0.2, 0.25) is 0 Å². The van der Waals surface area contributed by atoms with E-state index in [-0.39, 0.29) is 22.8 Å². The number of nitrogens with zero attached hydrogens (tertiary/aromatic N) is 1. The van der Waals surface area contributed by atoms with Gasteiger partial charge in [-0.05, 0) is 67.4 Å². The maximum Gasteiger partial charge on any atom is 0.300 e. The summed E-state index contributed by atoms with van der Waals surface area (Å²) in [5, 5.41) is 22.1. The van der Waals surface area contributed by atoms with E-state index < -0.39 is 17.7 Å². The number of aryl methyl sites for hydroxylation is 2. The summed E-state index contributed by atoms with van der Waals surface area (Å²) in [6.07, 6.45) is 0. The molecule has 5 rings (SSSR count). The molecule has 0 radical (unpaired) electrons. The number of Topliss-reactive ketones (excluding diaryl/α,β-unsaturated/α-hetero) is 1. The first-order valence-electron chi connectivity index (χ1n) is 11.8. The predicted molar refractivity (Wildman–Crippen MR) is 142 cm³/mol. The number of rotatable bonds is 5. The summed E-state index contributed by atoms with van der Waals surface area (Å²) >= 11 is 0. The van der Waals surface area contributed by atoms with Crippen LogP contribution in [0.15, 0.2) is 103 Å². The van der Waals surface area contributed by atoms with E-state index in [0.29, 0.717) is 22.6 Å². The Hall–Kier alpha value is -4.84. The van der Waals surface area contributed by atoms with Crippen molar-refractivity contribution < 1.29 is 24.5 Å². The number of benzene rings is 4. The zero-order valence-corrected chi connectivity index (χ0v) is 20.4. The van der Waals surface area contributed by atoms with Crippen LogP contribution in [-0.4, -0.2) is 21.9 Å². The van der Waals surface area contributed by atoms with Gasteiger partial charge in [0.25, 0.3) is 11.7 Å². The Morgan fingerprint density at radius 3 is 2.27 bits per heavy atom. The van der Waals surface area contributed by atoms with Crippen LogP contribution in [0.25, 0.3) is 5.76 Å². The molecule has 0 saturated carbocycles. The quantitative estimate of drug-likeness (QED) is 0.191. The van der Waals surface area contributed by atoms with E-state index in [4.69, 9.17) is 4.74 Å². The third-order valence-electron chi connectivity index (χ3n) is 6.39. The molecular formula is C31H25NO5. The molecule has 1 atom stereocenters. The van der Waals surface area contributed by atoms with Crippen LogP contribution in [-0.2, 0) is 9.59 Å². The van der Waals surface area contributed by atoms with Crippen LogP contribution in [0.2, 0.25) is 0 Å². The van der Waals surface area contributed by atoms with Gasteiger partial charge in [0.15, 0.2) is 0 Å². The maximum atomic E-state index is 13.4. The van der Waals surface area contributed by atoms with E-state index in [1.165, 1.54) is 11.0 Å². The molecule has 0 bridgehead atoms. The Morgan fingerprint density at radius 1 is 0.811 bits per heavy atom. The number of carbonyl (C=O) groups excluding carboxylic acids is 2. The molecule has 0 spiro atoms. The van der Waals surface area contributed by atoms with Crippen LogP contribution >= 0.6 is 0 Å². The van der Waals surface area contributed by atoms with E-state index in [9.17, 15) is 19.8 Å². The summed E-state index contributed by atoms with van der Waals surface area (Å²) in [6.45, 7) is 3.72. The molecule has 184 valence electrons. The second-order valence-corrected chi connectivity index (χ2v) is 8.96. The molecule has 0 aromatic heterocycles. The fourth-order valence-corrected chi connectivity index (χ4v) is 4.57. The summed E-state index contributed by atoms with van der Waals surface area (Å²) in [5.74, 6) is -0.966. The molecule has 1 heterocycles. The standard InChI is InChI=1S/C31H25NO5/c1-19-15-16-20(2)24(17-19)29(34)27-28(32(31(36)30(27)35)25-13-6-7-14-26(25)33)21-9-8-12-23(18-21)37-22-10-4-3-5-11-22/h3-18,28,33-34H,1-2H3/b29-27+. The highest BCUT2D eigenvalue weighted by molar-refractivity contribution is 6.52. The maximum absolute atomic E-state index is 13.4. The van der Waals surface area contributed by atoms with Crippen LogP contribution < -0.4 is 9.64 Å². The van der Waals surface area contributed by atoms with E-state index in [2.05, 4.69) is 0 Å². The number of carbonyl (C=O) groups is 2. The van der Waals surface area contributed by atoms with Crippen LogP contribution in [0, 0.1) is 13.8 Å². The predicted octanol–water partition coefficient (Wildman–Crippen LogP) is 6.43. The molecule has 4 aromatic rings. The number of hydrogen-bond acceptors (Lipinski definition) is 5. The highest BCUT2D eigenvalue weighted by Gasteiger charge is 2.47. The number of aliphatic hydroxyl groups is 1. The monoisotopic (exact) mass is 491 g/mol. The highest BCUT2D eigenvalue weighted by atomic mass is 16.5. The Bertz CT molecular complexity index is 1540. The summed E-state index contributed by atoms with van der Waals surface area (Å²) in [6, 6.07) is 27.1. The van der Waals surface area contributed by atoms with E-state index >= 15 is 0 Å². The molecule has 1 aliphatic heterocycles. The molecular weight excluding hydrogens is 466 g/mol. The molecule has 0 aliphatic carbocycles. The Labute approximate surface area is 214 Å². The first kappa shape index (κ1) is 23.9. The van der Waals surface area contributed by atoms with Gasteiger partial charge in [-0.15, -0.1) is 0 Å². The summed E-state index contributed by atoms with van der Waals surface area (Å²) in [7, 11) is 0. The number of ketones is 1. The first-order chi connectivity index (χ1) is 17.8. The van der Waals surface area contributed by atoms with Crippen molar-refractivity contribution in [3.63, 3.8) is 0 Å². The molecule has 1 unspecified atom stereocenters. The summed E-state index contributed by atoms with van der Waals surface area (Å²) < 4.78 is 6.00. The van der Waals surface area contributed by atoms with Crippen LogP contribution in [0.4, 0.5) is 5.69 Å². The van der Waals surface area contributed by atoms with Gasteiger partial charge < -0.3 is 14.9 Å². The average Bonchev–Trinajstić information content (AvgIpc) is 3.16. The van der Waals surface area contributed by atoms with Crippen molar-refractivity contribution in [3.8, 4) is 17.2 Å². The van der Waals surface area contributed by atoms with Crippen molar-refractivity contribution in [3.05, 3.63) is 125 Å². The SMILES string of the molecule is Cc1ccc(C)c(/C(O)=C2\C(=O)C(=O)N(c3ccccc3O)C2c2cccc(Oc3ccccc3)c2)c1. The molecule has 6 nitrogen and oxygen atoms in total. The summed E-state index contributed by atoms with van der Waals surface area (Å²) in [4.78, 5) is 28.1. The smallest absolute Gasteiger partial charge is 0.300 e. The third kappa shape index (κ3) is 4.45. The minimum atomic E-state index is -0.993. The number of aliphatic hydroxyl groups excluding tert-OH is 1. The molecule has 6 heteroatoms. The normalized spacial score (nSPS) is 16.7. The Balaban J connectivity index is 1.71. The Kier molecular flexibility index (Phi) is 6.24. The highest BCUT2D eigenvalue weighted by Crippen LogP contribution is 2.45. The number of phenolic OH excluding ortho intramolecular Hbond substituents is 1. The van der Waals surface area contributed by atoms with Crippen LogP contribution in [0.5, 0.6) is 17.2 Å². The lowest BCUT2D eigenvalue weighted by molar-refractivity contribution is -0.132. The summed E-state index contributed by atoms with van der Waals surface area (Å²) in [5.41, 5.74) is 2.79. The van der Waals surface area contributed by atoms with Crippen molar-refractivity contribution in [2.75, 3.05) is 4.90 Å². The number of anilines is 1. The van der Waals surface area contributed by atoms with Gasteiger partial charge in [-0.2, -0.15) is 0 Å². The zero-order chi connectivity index (χ0) is 26.1. The number of phenols is 1. The van der Waals surface area contributed by atoms with Gasteiger partial charge in [0, 0.05) is 5.56 Å². The van der Waals surface area contributed by atoms with Gasteiger partial charge in [-0.25, -0.2) is 0 Å². The number of hydrogen-bond donors (Lipinski definition) is 2. The lowest BCUT2D eigenvalue weighted by Gasteiger charge is -2.26. The van der Waals surface area contributed by atoms with Crippen LogP contribution in [0.1, 0.15) is 28.3 Å². The molecule has 1 fully saturated rings. The number of amides is 1. The zero-order valence-electron chi connectivity index (χ0n) is 20.4. The van der Waals surface area contributed by atoms with Crippen molar-refractivity contribution in [2.24, 2.45) is 0 Å². The van der Waals surface area contributed by atoms with Crippen molar-refractivity contribution in [1.82, 2.24) is 0 Å². The van der Waals surface area contributed by atoms with Crippen molar-refractivity contribution in [1.29, 1.82) is 0 Å². The van der Waals surface area contributed by atoms with Crippen molar-refractivity contribution in [2.45, 2.75) is 19.9 Å². The second kappa shape index (κ2) is 9.66. The minimum absolute atomic E-state index is 0.0567. The fourth-order valence-electron chi connectivity index (χ4n) is 4.57. The lowest BCUT2D eigenvalue weighted by atomic mass is 9.93. The van der Waals surface area contributed by atoms with Crippen LogP contribution in [0.3, 0.4) is 0 Å². The topological polar surface area (TPSA) is 87.1 Å².